The summed E-state index contributed by atoms with van der Waals surface area (Å²) in [5.74, 6) is 0.961. The van der Waals surface area contributed by atoms with Crippen LogP contribution in [0.25, 0.3) is 0 Å². The minimum Gasteiger partial charge on any atom is -0.370 e. The maximum Gasteiger partial charge on any atom is 0.234 e. The van der Waals surface area contributed by atoms with Gasteiger partial charge in [-0.2, -0.15) is 0 Å². The standard InChI is InChI=1S/C16H19Cl2N5O2S/c1-22-14(9-23-4-6-25-7-5-23)20-21-16(22)26-10-15(24)19-13-3-2-11(17)8-12(13)18/h2-3,8H,4-7,9-10H2,1H3,(H,19,24)/p+1. The molecule has 1 saturated heterocycles. The van der Waals surface area contributed by atoms with Gasteiger partial charge in [-0.3, -0.25) is 4.79 Å². The van der Waals surface area contributed by atoms with E-state index in [0.29, 0.717) is 20.9 Å². The van der Waals surface area contributed by atoms with Crippen LogP contribution in [0.3, 0.4) is 0 Å². The topological polar surface area (TPSA) is 73.5 Å². The maximum absolute atomic E-state index is 12.2. The summed E-state index contributed by atoms with van der Waals surface area (Å²) in [6, 6.07) is 4.95. The molecule has 0 bridgehead atoms. The van der Waals surface area contributed by atoms with E-state index in [0.717, 1.165) is 38.7 Å². The molecule has 140 valence electrons. The molecule has 1 aliphatic heterocycles. The van der Waals surface area contributed by atoms with Gasteiger partial charge in [0.1, 0.15) is 19.6 Å². The van der Waals surface area contributed by atoms with Crippen molar-refractivity contribution in [3.8, 4) is 0 Å². The Morgan fingerprint density at radius 1 is 1.35 bits per heavy atom. The number of thioether (sulfide) groups is 1. The smallest absolute Gasteiger partial charge is 0.234 e. The normalized spacial score (nSPS) is 15.2. The van der Waals surface area contributed by atoms with Crippen LogP contribution in [-0.2, 0) is 23.1 Å². The number of aromatic nitrogens is 3. The molecule has 1 aromatic heterocycles. The van der Waals surface area contributed by atoms with Gasteiger partial charge in [0.05, 0.1) is 29.7 Å². The largest absolute Gasteiger partial charge is 0.370 e. The molecule has 0 aliphatic carbocycles. The molecule has 0 atom stereocenters. The highest BCUT2D eigenvalue weighted by Crippen LogP contribution is 2.25. The highest BCUT2D eigenvalue weighted by atomic mass is 35.5. The van der Waals surface area contributed by atoms with E-state index in [2.05, 4.69) is 15.5 Å². The maximum atomic E-state index is 12.2. The number of carbonyl (C=O) groups excluding carboxylic acids is 1. The molecule has 0 spiro atoms. The molecule has 2 N–H and O–H groups in total. The lowest BCUT2D eigenvalue weighted by Gasteiger charge is -2.23. The molecule has 0 radical (unpaired) electrons. The van der Waals surface area contributed by atoms with Gasteiger partial charge in [0, 0.05) is 12.1 Å². The van der Waals surface area contributed by atoms with Gasteiger partial charge in [-0.05, 0) is 18.2 Å². The number of nitrogens with zero attached hydrogens (tertiary/aromatic N) is 3. The van der Waals surface area contributed by atoms with Crippen molar-refractivity contribution in [1.82, 2.24) is 14.8 Å². The zero-order valence-electron chi connectivity index (χ0n) is 14.3. The van der Waals surface area contributed by atoms with Gasteiger partial charge in [-0.25, -0.2) is 0 Å². The van der Waals surface area contributed by atoms with Gasteiger partial charge < -0.3 is 19.5 Å². The Morgan fingerprint density at radius 2 is 2.12 bits per heavy atom. The van der Waals surface area contributed by atoms with E-state index in [1.807, 2.05) is 11.6 Å². The fraction of sp³-hybridized carbons (Fsp3) is 0.438. The van der Waals surface area contributed by atoms with Crippen LogP contribution in [0.2, 0.25) is 10.0 Å². The van der Waals surface area contributed by atoms with Gasteiger partial charge in [-0.15, -0.1) is 10.2 Å². The molecule has 1 aromatic carbocycles. The Kier molecular flexibility index (Phi) is 6.77. The van der Waals surface area contributed by atoms with Gasteiger partial charge in [0.25, 0.3) is 0 Å². The van der Waals surface area contributed by atoms with E-state index in [1.165, 1.54) is 16.7 Å². The van der Waals surface area contributed by atoms with E-state index in [1.54, 1.807) is 18.2 Å². The fourth-order valence-corrected chi connectivity index (χ4v) is 3.78. The first-order chi connectivity index (χ1) is 12.5. The van der Waals surface area contributed by atoms with E-state index < -0.39 is 0 Å². The third-order valence-corrected chi connectivity index (χ3v) is 5.64. The second-order valence-corrected chi connectivity index (χ2v) is 7.74. The number of rotatable bonds is 6. The molecule has 1 aliphatic rings. The summed E-state index contributed by atoms with van der Waals surface area (Å²) >= 11 is 13.3. The van der Waals surface area contributed by atoms with Gasteiger partial charge >= 0.3 is 0 Å². The number of anilines is 1. The Balaban J connectivity index is 1.53. The first-order valence-corrected chi connectivity index (χ1v) is 9.94. The summed E-state index contributed by atoms with van der Waals surface area (Å²) in [5, 5.41) is 12.9. The second-order valence-electron chi connectivity index (χ2n) is 5.96. The lowest BCUT2D eigenvalue weighted by atomic mass is 10.3. The Labute approximate surface area is 166 Å². The first-order valence-electron chi connectivity index (χ1n) is 8.20. The molecule has 0 saturated carbocycles. The van der Waals surface area contributed by atoms with Crippen LogP contribution in [0.15, 0.2) is 23.4 Å². The van der Waals surface area contributed by atoms with E-state index in [4.69, 9.17) is 27.9 Å². The molecule has 1 amide bonds. The van der Waals surface area contributed by atoms with Gasteiger partial charge in [0.15, 0.2) is 11.0 Å². The average Bonchev–Trinajstić information content (AvgIpc) is 2.96. The molecular weight excluding hydrogens is 397 g/mol. The fourth-order valence-electron chi connectivity index (χ4n) is 2.59. The van der Waals surface area contributed by atoms with Gasteiger partial charge in [0.2, 0.25) is 5.91 Å². The quantitative estimate of drug-likeness (QED) is 0.693. The molecule has 10 heteroatoms. The number of quaternary nitrogens is 1. The predicted molar refractivity (Wildman–Crippen MR) is 102 cm³/mol. The number of ether oxygens (including phenoxy) is 1. The molecule has 2 heterocycles. The van der Waals surface area contributed by atoms with Crippen LogP contribution >= 0.6 is 35.0 Å². The predicted octanol–water partition coefficient (Wildman–Crippen LogP) is 1.27. The summed E-state index contributed by atoms with van der Waals surface area (Å²) < 4.78 is 7.31. The number of halogens is 2. The number of hydrogen-bond acceptors (Lipinski definition) is 5. The monoisotopic (exact) mass is 416 g/mol. The van der Waals surface area contributed by atoms with Crippen LogP contribution < -0.4 is 10.2 Å². The third kappa shape index (κ3) is 5.11. The summed E-state index contributed by atoms with van der Waals surface area (Å²) in [5.41, 5.74) is 0.538. The van der Waals surface area contributed by atoms with E-state index >= 15 is 0 Å². The van der Waals surface area contributed by atoms with Crippen molar-refractivity contribution in [2.75, 3.05) is 37.4 Å². The Hall–Kier alpha value is -1.32. The zero-order chi connectivity index (χ0) is 18.5. The van der Waals surface area contributed by atoms with Gasteiger partial charge in [-0.1, -0.05) is 35.0 Å². The van der Waals surface area contributed by atoms with Crippen LogP contribution in [0.5, 0.6) is 0 Å². The first kappa shape index (κ1) is 19.4. The highest BCUT2D eigenvalue weighted by Gasteiger charge is 2.19. The number of morpholine rings is 1. The molecule has 3 rings (SSSR count). The molecule has 1 fully saturated rings. The van der Waals surface area contributed by atoms with Crippen LogP contribution in [0.4, 0.5) is 5.69 Å². The van der Waals surface area contributed by atoms with Crippen molar-refractivity contribution in [1.29, 1.82) is 0 Å². The number of carbonyl (C=O) groups is 1. The Bertz CT molecular complexity index is 780. The number of benzene rings is 1. The van der Waals surface area contributed by atoms with Crippen LogP contribution in [0, 0.1) is 0 Å². The van der Waals surface area contributed by atoms with Crippen LogP contribution in [0.1, 0.15) is 5.82 Å². The van der Waals surface area contributed by atoms with Crippen molar-refractivity contribution in [2.24, 2.45) is 7.05 Å². The van der Waals surface area contributed by atoms with Crippen molar-refractivity contribution in [3.63, 3.8) is 0 Å². The number of nitrogens with one attached hydrogen (secondary N) is 2. The molecule has 2 aromatic rings. The minimum absolute atomic E-state index is 0.164. The van der Waals surface area contributed by atoms with Crippen molar-refractivity contribution in [3.05, 3.63) is 34.1 Å². The highest BCUT2D eigenvalue weighted by molar-refractivity contribution is 7.99. The summed E-state index contributed by atoms with van der Waals surface area (Å²) in [7, 11) is 1.92. The van der Waals surface area contributed by atoms with E-state index in [9.17, 15) is 4.79 Å². The molecule has 26 heavy (non-hydrogen) atoms. The average molecular weight is 417 g/mol. The molecular formula is C16H20Cl2N5O2S+. The van der Waals surface area contributed by atoms with E-state index in [-0.39, 0.29) is 11.7 Å². The van der Waals surface area contributed by atoms with Crippen molar-refractivity contribution < 1.29 is 14.4 Å². The molecule has 0 unspecified atom stereocenters. The minimum atomic E-state index is -0.164. The second kappa shape index (κ2) is 9.05. The summed E-state index contributed by atoms with van der Waals surface area (Å²) in [6.07, 6.45) is 0. The lowest BCUT2D eigenvalue weighted by molar-refractivity contribution is -0.922. The van der Waals surface area contributed by atoms with Crippen molar-refractivity contribution >= 4 is 46.6 Å². The van der Waals surface area contributed by atoms with Crippen molar-refractivity contribution in [2.45, 2.75) is 11.7 Å². The zero-order valence-corrected chi connectivity index (χ0v) is 16.6. The lowest BCUT2D eigenvalue weighted by Crippen LogP contribution is -3.12. The summed E-state index contributed by atoms with van der Waals surface area (Å²) in [6.45, 7) is 4.31. The summed E-state index contributed by atoms with van der Waals surface area (Å²) in [4.78, 5) is 13.6. The number of amides is 1. The Morgan fingerprint density at radius 3 is 2.85 bits per heavy atom. The van der Waals surface area contributed by atoms with Crippen LogP contribution in [-0.4, -0.2) is 52.7 Å². The molecule has 7 nitrogen and oxygen atoms in total. The number of hydrogen-bond donors (Lipinski definition) is 2. The SMILES string of the molecule is Cn1c(C[NH+]2CCOCC2)nnc1SCC(=O)Nc1ccc(Cl)cc1Cl. The third-order valence-electron chi connectivity index (χ3n) is 4.07.